The fraction of sp³-hybridized carbons (Fsp3) is 0.462. The third kappa shape index (κ3) is 4.65. The number of hydrogen-bond donors (Lipinski definition) is 0. The fourth-order valence-corrected chi connectivity index (χ4v) is 1.76. The number of rotatable bonds is 4. The van der Waals surface area contributed by atoms with Gasteiger partial charge in [0.25, 0.3) is 5.69 Å². The maximum Gasteiger partial charge on any atom is 0.339 e. The first-order valence-electron chi connectivity index (χ1n) is 5.92. The molecule has 5 nitrogen and oxygen atoms in total. The van der Waals surface area contributed by atoms with E-state index in [0.717, 1.165) is 12.1 Å². The SMILES string of the molecule is CC(C)(C)CCOC(=O)c1cc([N+](=O)[O-])cc(Cl)c1Cl. The summed E-state index contributed by atoms with van der Waals surface area (Å²) in [5.74, 6) is -0.718. The molecule has 0 fully saturated rings. The van der Waals surface area contributed by atoms with Gasteiger partial charge in [0.2, 0.25) is 0 Å². The summed E-state index contributed by atoms with van der Waals surface area (Å²) < 4.78 is 5.07. The topological polar surface area (TPSA) is 69.4 Å². The number of nitro groups is 1. The second-order valence-electron chi connectivity index (χ2n) is 5.49. The van der Waals surface area contributed by atoms with Gasteiger partial charge in [-0.25, -0.2) is 4.79 Å². The first-order valence-corrected chi connectivity index (χ1v) is 6.68. The van der Waals surface area contributed by atoms with Crippen molar-refractivity contribution in [2.45, 2.75) is 27.2 Å². The lowest BCUT2D eigenvalue weighted by Gasteiger charge is -2.17. The van der Waals surface area contributed by atoms with E-state index in [4.69, 9.17) is 27.9 Å². The molecule has 0 radical (unpaired) electrons. The van der Waals surface area contributed by atoms with Crippen molar-refractivity contribution in [3.05, 3.63) is 37.9 Å². The Hall–Kier alpha value is -1.33. The van der Waals surface area contributed by atoms with E-state index in [0.29, 0.717) is 6.42 Å². The second-order valence-corrected chi connectivity index (χ2v) is 6.28. The van der Waals surface area contributed by atoms with E-state index in [-0.39, 0.29) is 33.3 Å². The van der Waals surface area contributed by atoms with Crippen molar-refractivity contribution in [1.82, 2.24) is 0 Å². The number of hydrogen-bond acceptors (Lipinski definition) is 4. The van der Waals surface area contributed by atoms with E-state index in [1.807, 2.05) is 20.8 Å². The zero-order valence-electron chi connectivity index (χ0n) is 11.4. The molecule has 1 aromatic carbocycles. The lowest BCUT2D eigenvalue weighted by molar-refractivity contribution is -0.384. The molecule has 0 unspecified atom stereocenters. The maximum absolute atomic E-state index is 11.9. The number of halogens is 2. The van der Waals surface area contributed by atoms with Crippen LogP contribution in [-0.4, -0.2) is 17.5 Å². The number of nitrogens with zero attached hydrogens (tertiary/aromatic N) is 1. The summed E-state index contributed by atoms with van der Waals surface area (Å²) in [6.45, 7) is 6.24. The average Bonchev–Trinajstić information content (AvgIpc) is 2.30. The molecule has 0 aliphatic rings. The molecule has 20 heavy (non-hydrogen) atoms. The predicted molar refractivity (Wildman–Crippen MR) is 77.5 cm³/mol. The Morgan fingerprint density at radius 3 is 2.45 bits per heavy atom. The highest BCUT2D eigenvalue weighted by molar-refractivity contribution is 6.43. The van der Waals surface area contributed by atoms with Crippen molar-refractivity contribution in [2.75, 3.05) is 6.61 Å². The molecule has 0 bridgehead atoms. The number of nitro benzene ring substituents is 1. The van der Waals surface area contributed by atoms with E-state index in [2.05, 4.69) is 0 Å². The van der Waals surface area contributed by atoms with Crippen LogP contribution in [0.1, 0.15) is 37.6 Å². The number of esters is 1. The summed E-state index contributed by atoms with van der Waals surface area (Å²) in [5, 5.41) is 10.6. The Kier molecular flexibility index (Phi) is 5.36. The lowest BCUT2D eigenvalue weighted by Crippen LogP contribution is -2.13. The molecular formula is C13H15Cl2NO4. The van der Waals surface area contributed by atoms with E-state index in [9.17, 15) is 14.9 Å². The van der Waals surface area contributed by atoms with Crippen molar-refractivity contribution in [3.63, 3.8) is 0 Å². The molecule has 0 N–H and O–H groups in total. The molecule has 110 valence electrons. The Balaban J connectivity index is 2.90. The third-order valence-electron chi connectivity index (χ3n) is 2.53. The highest BCUT2D eigenvalue weighted by atomic mass is 35.5. The molecule has 0 aromatic heterocycles. The van der Waals surface area contributed by atoms with Crippen LogP contribution < -0.4 is 0 Å². The first kappa shape index (κ1) is 16.7. The van der Waals surface area contributed by atoms with Gasteiger partial charge in [-0.05, 0) is 11.8 Å². The molecule has 0 aliphatic carbocycles. The Morgan fingerprint density at radius 1 is 1.35 bits per heavy atom. The summed E-state index contributed by atoms with van der Waals surface area (Å²) in [7, 11) is 0. The van der Waals surface area contributed by atoms with E-state index >= 15 is 0 Å². The van der Waals surface area contributed by atoms with E-state index in [1.54, 1.807) is 0 Å². The normalized spacial score (nSPS) is 11.2. The third-order valence-corrected chi connectivity index (χ3v) is 3.33. The summed E-state index contributed by atoms with van der Waals surface area (Å²) in [6, 6.07) is 2.16. The van der Waals surface area contributed by atoms with Crippen LogP contribution in [0.5, 0.6) is 0 Å². The highest BCUT2D eigenvalue weighted by Gasteiger charge is 2.21. The number of carbonyl (C=O) groups is 1. The van der Waals surface area contributed by atoms with Crippen LogP contribution in [0.2, 0.25) is 10.0 Å². The van der Waals surface area contributed by atoms with Gasteiger partial charge in [0, 0.05) is 12.1 Å². The van der Waals surface area contributed by atoms with Crippen LogP contribution in [0.4, 0.5) is 5.69 Å². The summed E-state index contributed by atoms with van der Waals surface area (Å²) in [5.41, 5.74) is -0.383. The molecule has 0 saturated heterocycles. The molecule has 1 rings (SSSR count). The van der Waals surface area contributed by atoms with Crippen LogP contribution >= 0.6 is 23.2 Å². The fourth-order valence-electron chi connectivity index (χ4n) is 1.36. The number of ether oxygens (including phenoxy) is 1. The minimum atomic E-state index is -0.718. The largest absolute Gasteiger partial charge is 0.462 e. The van der Waals surface area contributed by atoms with Gasteiger partial charge in [0.15, 0.2) is 0 Å². The zero-order chi connectivity index (χ0) is 15.5. The van der Waals surface area contributed by atoms with Crippen LogP contribution in [0.25, 0.3) is 0 Å². The molecule has 1 aromatic rings. The average molecular weight is 320 g/mol. The van der Waals surface area contributed by atoms with E-state index in [1.165, 1.54) is 0 Å². The summed E-state index contributed by atoms with van der Waals surface area (Å²) in [6.07, 6.45) is 0.666. The van der Waals surface area contributed by atoms with Crippen molar-refractivity contribution < 1.29 is 14.5 Å². The highest BCUT2D eigenvalue weighted by Crippen LogP contribution is 2.31. The van der Waals surface area contributed by atoms with Gasteiger partial charge < -0.3 is 4.74 Å². The quantitative estimate of drug-likeness (QED) is 0.465. The van der Waals surface area contributed by atoms with Gasteiger partial charge in [-0.2, -0.15) is 0 Å². The minimum Gasteiger partial charge on any atom is -0.462 e. The van der Waals surface area contributed by atoms with Gasteiger partial charge in [-0.3, -0.25) is 10.1 Å². The van der Waals surface area contributed by atoms with Crippen molar-refractivity contribution in [1.29, 1.82) is 0 Å². The Labute approximate surface area is 127 Å². The van der Waals surface area contributed by atoms with Crippen LogP contribution in [0, 0.1) is 15.5 Å². The zero-order valence-corrected chi connectivity index (χ0v) is 12.9. The predicted octanol–water partition coefficient (Wildman–Crippen LogP) is 4.49. The van der Waals surface area contributed by atoms with Crippen molar-refractivity contribution >= 4 is 34.9 Å². The molecule has 7 heteroatoms. The van der Waals surface area contributed by atoms with Crippen LogP contribution in [0.15, 0.2) is 12.1 Å². The van der Waals surface area contributed by atoms with Crippen molar-refractivity contribution in [3.8, 4) is 0 Å². The van der Waals surface area contributed by atoms with Gasteiger partial charge in [-0.1, -0.05) is 44.0 Å². The molecule has 0 aliphatic heterocycles. The van der Waals surface area contributed by atoms with Gasteiger partial charge in [0.05, 0.1) is 27.1 Å². The van der Waals surface area contributed by atoms with E-state index < -0.39 is 10.9 Å². The minimum absolute atomic E-state index is 0.0183. The molecule has 0 atom stereocenters. The molecule has 0 saturated carbocycles. The van der Waals surface area contributed by atoms with Gasteiger partial charge >= 0.3 is 5.97 Å². The summed E-state index contributed by atoms with van der Waals surface area (Å²) in [4.78, 5) is 22.0. The number of non-ortho nitro benzene ring substituents is 1. The van der Waals surface area contributed by atoms with Gasteiger partial charge in [-0.15, -0.1) is 0 Å². The maximum atomic E-state index is 11.9. The number of benzene rings is 1. The number of carbonyl (C=O) groups excluding carboxylic acids is 1. The summed E-state index contributed by atoms with van der Waals surface area (Å²) >= 11 is 11.6. The smallest absolute Gasteiger partial charge is 0.339 e. The van der Waals surface area contributed by atoms with Crippen LogP contribution in [-0.2, 0) is 4.74 Å². The Morgan fingerprint density at radius 2 is 1.95 bits per heavy atom. The standard InChI is InChI=1S/C13H15Cl2NO4/c1-13(2,3)4-5-20-12(17)9-6-8(16(18)19)7-10(14)11(9)15/h6-7H,4-5H2,1-3H3. The van der Waals surface area contributed by atoms with Gasteiger partial charge in [0.1, 0.15) is 0 Å². The molecular weight excluding hydrogens is 305 g/mol. The lowest BCUT2D eigenvalue weighted by atomic mass is 9.93. The molecule has 0 spiro atoms. The molecule has 0 heterocycles. The first-order chi connectivity index (χ1) is 9.11. The van der Waals surface area contributed by atoms with Crippen molar-refractivity contribution in [2.24, 2.45) is 5.41 Å². The molecule has 0 amide bonds. The monoisotopic (exact) mass is 319 g/mol. The Bertz CT molecular complexity index is 538. The van der Waals surface area contributed by atoms with Crippen LogP contribution in [0.3, 0.4) is 0 Å². The second kappa shape index (κ2) is 6.41.